The molecule has 1 unspecified atom stereocenters. The fourth-order valence-electron chi connectivity index (χ4n) is 1.42. The normalized spacial score (nSPS) is 15.1. The van der Waals surface area contributed by atoms with Gasteiger partial charge in [-0.3, -0.25) is 4.79 Å². The summed E-state index contributed by atoms with van der Waals surface area (Å²) in [6, 6.07) is 0. The highest BCUT2D eigenvalue weighted by molar-refractivity contribution is 5.73. The summed E-state index contributed by atoms with van der Waals surface area (Å²) in [5.41, 5.74) is -0.556. The minimum atomic E-state index is -0.692. The molecule has 0 aliphatic carbocycles. The molecule has 2 N–H and O–H groups in total. The largest absolute Gasteiger partial charge is 0.481 e. The van der Waals surface area contributed by atoms with Crippen LogP contribution in [0.25, 0.3) is 0 Å². The fourth-order valence-corrected chi connectivity index (χ4v) is 1.42. The van der Waals surface area contributed by atoms with Crippen molar-refractivity contribution in [3.05, 3.63) is 0 Å². The lowest BCUT2D eigenvalue weighted by molar-refractivity contribution is -0.148. The van der Waals surface area contributed by atoms with Crippen molar-refractivity contribution >= 4 is 5.97 Å². The van der Waals surface area contributed by atoms with Crippen molar-refractivity contribution in [1.29, 1.82) is 0 Å². The van der Waals surface area contributed by atoms with Crippen molar-refractivity contribution in [3.63, 3.8) is 0 Å². The Morgan fingerprint density at radius 1 is 1.21 bits per heavy atom. The van der Waals surface area contributed by atoms with Crippen molar-refractivity contribution in [3.8, 4) is 0 Å². The lowest BCUT2D eigenvalue weighted by Crippen LogP contribution is -2.26. The number of hydrogen-bond donors (Lipinski definition) is 2. The summed E-state index contributed by atoms with van der Waals surface area (Å²) in [7, 11) is 0. The summed E-state index contributed by atoms with van der Waals surface area (Å²) in [6.07, 6.45) is 5.21. The first-order chi connectivity index (χ1) is 6.56. The van der Waals surface area contributed by atoms with Gasteiger partial charge in [0, 0.05) is 6.61 Å². The molecule has 0 bridgehead atoms. The van der Waals surface area contributed by atoms with Crippen LogP contribution in [0.4, 0.5) is 0 Å². The average molecular weight is 202 g/mol. The second-order valence-electron chi connectivity index (χ2n) is 4.11. The van der Waals surface area contributed by atoms with Crippen LogP contribution in [0.3, 0.4) is 0 Å². The Morgan fingerprint density at radius 2 is 1.79 bits per heavy atom. The van der Waals surface area contributed by atoms with Crippen LogP contribution in [0.1, 0.15) is 52.4 Å². The van der Waals surface area contributed by atoms with Crippen molar-refractivity contribution in [2.45, 2.75) is 52.4 Å². The third kappa shape index (κ3) is 4.61. The molecule has 0 aliphatic rings. The van der Waals surface area contributed by atoms with Gasteiger partial charge in [-0.15, -0.1) is 0 Å². The fraction of sp³-hybridized carbons (Fsp3) is 0.909. The Labute approximate surface area is 86.1 Å². The molecule has 0 heterocycles. The van der Waals surface area contributed by atoms with Crippen LogP contribution in [0.2, 0.25) is 0 Å². The van der Waals surface area contributed by atoms with Crippen LogP contribution in [0.5, 0.6) is 0 Å². The number of aliphatic hydroxyl groups is 1. The Bertz CT molecular complexity index is 168. The Balaban J connectivity index is 3.68. The number of hydrogen-bond acceptors (Lipinski definition) is 2. The van der Waals surface area contributed by atoms with Gasteiger partial charge in [-0.25, -0.2) is 0 Å². The first-order valence-electron chi connectivity index (χ1n) is 5.41. The van der Waals surface area contributed by atoms with E-state index in [2.05, 4.69) is 0 Å². The second-order valence-corrected chi connectivity index (χ2v) is 4.11. The van der Waals surface area contributed by atoms with Gasteiger partial charge < -0.3 is 10.2 Å². The standard InChI is InChI=1S/C11H22O3/c1-3-11(2,10(13)14)8-6-4-5-7-9-12/h12H,3-9H2,1-2H3,(H,13,14). The molecule has 3 nitrogen and oxygen atoms in total. The van der Waals surface area contributed by atoms with Gasteiger partial charge in [0.05, 0.1) is 5.41 Å². The molecule has 0 aromatic rings. The van der Waals surface area contributed by atoms with Crippen molar-refractivity contribution in [2.75, 3.05) is 6.61 Å². The number of carboxylic acids is 1. The molecule has 0 aromatic carbocycles. The number of unbranched alkanes of at least 4 members (excludes halogenated alkanes) is 3. The minimum absolute atomic E-state index is 0.240. The van der Waals surface area contributed by atoms with Crippen molar-refractivity contribution < 1.29 is 15.0 Å². The van der Waals surface area contributed by atoms with Crippen molar-refractivity contribution in [2.24, 2.45) is 5.41 Å². The molecule has 0 aromatic heterocycles. The van der Waals surface area contributed by atoms with Crippen LogP contribution in [0, 0.1) is 5.41 Å². The Kier molecular flexibility index (Phi) is 6.54. The van der Waals surface area contributed by atoms with Crippen LogP contribution < -0.4 is 0 Å². The topological polar surface area (TPSA) is 57.5 Å². The number of rotatable bonds is 8. The summed E-state index contributed by atoms with van der Waals surface area (Å²) in [5.74, 6) is -0.692. The highest BCUT2D eigenvalue weighted by atomic mass is 16.4. The van der Waals surface area contributed by atoms with Gasteiger partial charge in [0.2, 0.25) is 0 Å². The quantitative estimate of drug-likeness (QED) is 0.594. The maximum atomic E-state index is 10.9. The molecule has 0 amide bonds. The Morgan fingerprint density at radius 3 is 2.21 bits per heavy atom. The van der Waals surface area contributed by atoms with E-state index in [0.717, 1.165) is 32.1 Å². The first-order valence-corrected chi connectivity index (χ1v) is 5.41. The van der Waals surface area contributed by atoms with Crippen LogP contribution in [-0.4, -0.2) is 22.8 Å². The SMILES string of the molecule is CCC(C)(CCCCCCO)C(=O)O. The minimum Gasteiger partial charge on any atom is -0.481 e. The van der Waals surface area contributed by atoms with E-state index in [4.69, 9.17) is 10.2 Å². The third-order valence-corrected chi connectivity index (χ3v) is 2.93. The smallest absolute Gasteiger partial charge is 0.309 e. The van der Waals surface area contributed by atoms with Crippen LogP contribution >= 0.6 is 0 Å². The molecule has 0 saturated heterocycles. The third-order valence-electron chi connectivity index (χ3n) is 2.93. The van der Waals surface area contributed by atoms with E-state index in [-0.39, 0.29) is 6.61 Å². The van der Waals surface area contributed by atoms with Gasteiger partial charge in [-0.2, -0.15) is 0 Å². The summed E-state index contributed by atoms with van der Waals surface area (Å²) in [6.45, 7) is 3.97. The van der Waals surface area contributed by atoms with E-state index in [1.54, 1.807) is 6.92 Å². The molecule has 14 heavy (non-hydrogen) atoms. The molecule has 0 fully saturated rings. The van der Waals surface area contributed by atoms with Gasteiger partial charge in [0.15, 0.2) is 0 Å². The average Bonchev–Trinajstić information content (AvgIpc) is 2.17. The molecular formula is C11H22O3. The highest BCUT2D eigenvalue weighted by Gasteiger charge is 2.29. The molecule has 0 saturated carbocycles. The zero-order valence-corrected chi connectivity index (χ0v) is 9.25. The maximum absolute atomic E-state index is 10.9. The molecule has 0 aliphatic heterocycles. The van der Waals surface area contributed by atoms with Crippen LogP contribution in [-0.2, 0) is 4.79 Å². The molecule has 84 valence electrons. The van der Waals surface area contributed by atoms with Gasteiger partial charge in [-0.05, 0) is 26.2 Å². The zero-order valence-electron chi connectivity index (χ0n) is 9.25. The van der Waals surface area contributed by atoms with Crippen molar-refractivity contribution in [1.82, 2.24) is 0 Å². The molecule has 0 spiro atoms. The van der Waals surface area contributed by atoms with E-state index in [9.17, 15) is 4.79 Å². The van der Waals surface area contributed by atoms with E-state index in [0.29, 0.717) is 6.42 Å². The summed E-state index contributed by atoms with van der Waals surface area (Å²) in [4.78, 5) is 10.9. The van der Waals surface area contributed by atoms with E-state index < -0.39 is 11.4 Å². The molecule has 3 heteroatoms. The lowest BCUT2D eigenvalue weighted by atomic mass is 9.82. The second kappa shape index (κ2) is 6.82. The highest BCUT2D eigenvalue weighted by Crippen LogP contribution is 2.28. The van der Waals surface area contributed by atoms with Gasteiger partial charge in [-0.1, -0.05) is 26.2 Å². The van der Waals surface area contributed by atoms with E-state index in [1.165, 1.54) is 0 Å². The molecule has 0 radical (unpaired) electrons. The number of carbonyl (C=O) groups is 1. The number of aliphatic hydroxyl groups excluding tert-OH is 1. The first kappa shape index (κ1) is 13.4. The van der Waals surface area contributed by atoms with Gasteiger partial charge >= 0.3 is 5.97 Å². The van der Waals surface area contributed by atoms with Gasteiger partial charge in [0.25, 0.3) is 0 Å². The molecule has 1 atom stereocenters. The predicted molar refractivity (Wildman–Crippen MR) is 56.2 cm³/mol. The van der Waals surface area contributed by atoms with Crippen LogP contribution in [0.15, 0.2) is 0 Å². The monoisotopic (exact) mass is 202 g/mol. The van der Waals surface area contributed by atoms with E-state index in [1.807, 2.05) is 6.92 Å². The summed E-state index contributed by atoms with van der Waals surface area (Å²) in [5, 5.41) is 17.6. The van der Waals surface area contributed by atoms with E-state index >= 15 is 0 Å². The molecule has 0 rings (SSSR count). The Hall–Kier alpha value is -0.570. The predicted octanol–water partition coefficient (Wildman–Crippen LogP) is 2.43. The summed E-state index contributed by atoms with van der Waals surface area (Å²) < 4.78 is 0. The maximum Gasteiger partial charge on any atom is 0.309 e. The summed E-state index contributed by atoms with van der Waals surface area (Å²) >= 11 is 0. The zero-order chi connectivity index (χ0) is 11.0. The number of carboxylic acid groups (broad SMARTS) is 1. The van der Waals surface area contributed by atoms with Gasteiger partial charge in [0.1, 0.15) is 0 Å². The lowest BCUT2D eigenvalue weighted by Gasteiger charge is -2.22. The number of aliphatic carboxylic acids is 1. The molecular weight excluding hydrogens is 180 g/mol.